The normalized spacial score (nSPS) is 19.1. The smallest absolute Gasteiger partial charge is 0.266 e. The molecular weight excluding hydrogens is 416 g/mol. The lowest BCUT2D eigenvalue weighted by Crippen LogP contribution is -2.27. The summed E-state index contributed by atoms with van der Waals surface area (Å²) in [6.07, 6.45) is 11.8. The van der Waals surface area contributed by atoms with Gasteiger partial charge in [-0.1, -0.05) is 11.6 Å². The van der Waals surface area contributed by atoms with E-state index in [9.17, 15) is 4.79 Å². The molecule has 9 heteroatoms. The first-order valence-corrected chi connectivity index (χ1v) is 10.7. The lowest BCUT2D eigenvalue weighted by molar-refractivity contribution is 0.126. The highest BCUT2D eigenvalue weighted by molar-refractivity contribution is 6.30. The van der Waals surface area contributed by atoms with Gasteiger partial charge in [-0.15, -0.1) is 5.10 Å². The summed E-state index contributed by atoms with van der Waals surface area (Å²) in [5.41, 5.74) is 3.12. The van der Waals surface area contributed by atoms with E-state index in [0.29, 0.717) is 17.1 Å². The van der Waals surface area contributed by atoms with Crippen molar-refractivity contribution in [3.05, 3.63) is 58.5 Å². The summed E-state index contributed by atoms with van der Waals surface area (Å²) in [6, 6.07) is 5.41. The second-order valence-corrected chi connectivity index (χ2v) is 8.45. The summed E-state index contributed by atoms with van der Waals surface area (Å²) in [6.45, 7) is 0. The van der Waals surface area contributed by atoms with E-state index in [1.165, 1.54) is 10.7 Å². The lowest BCUT2D eigenvalue weighted by Gasteiger charge is -2.30. The van der Waals surface area contributed by atoms with Crippen molar-refractivity contribution < 1.29 is 4.74 Å². The molecule has 0 bridgehead atoms. The largest absolute Gasteiger partial charge is 0.473 e. The summed E-state index contributed by atoms with van der Waals surface area (Å²) >= 11 is 6.23. The first kappa shape index (κ1) is 19.8. The highest BCUT2D eigenvalue weighted by atomic mass is 35.5. The van der Waals surface area contributed by atoms with Crippen LogP contribution in [0.3, 0.4) is 0 Å². The third kappa shape index (κ3) is 3.83. The van der Waals surface area contributed by atoms with Gasteiger partial charge < -0.3 is 9.30 Å². The van der Waals surface area contributed by atoms with Crippen molar-refractivity contribution in [3.8, 4) is 17.0 Å². The van der Waals surface area contributed by atoms with E-state index in [-0.39, 0.29) is 11.7 Å². The van der Waals surface area contributed by atoms with Gasteiger partial charge >= 0.3 is 0 Å². The van der Waals surface area contributed by atoms with Gasteiger partial charge in [0.05, 0.1) is 11.7 Å². The van der Waals surface area contributed by atoms with Gasteiger partial charge in [0.25, 0.3) is 5.56 Å². The topological polar surface area (TPSA) is 79.8 Å². The number of hydrogen-bond acceptors (Lipinski definition) is 5. The van der Waals surface area contributed by atoms with Gasteiger partial charge in [0.15, 0.2) is 0 Å². The molecule has 4 aromatic rings. The number of halogens is 1. The summed E-state index contributed by atoms with van der Waals surface area (Å²) < 4.78 is 11.5. The van der Waals surface area contributed by atoms with Gasteiger partial charge in [-0.2, -0.15) is 5.10 Å². The Bertz CT molecular complexity index is 1300. The maximum absolute atomic E-state index is 11.5. The van der Waals surface area contributed by atoms with Gasteiger partial charge in [-0.05, 0) is 31.7 Å². The predicted molar refractivity (Wildman–Crippen MR) is 118 cm³/mol. The van der Waals surface area contributed by atoms with Crippen molar-refractivity contribution >= 4 is 22.5 Å². The van der Waals surface area contributed by atoms with Gasteiger partial charge in [0.2, 0.25) is 5.88 Å². The summed E-state index contributed by atoms with van der Waals surface area (Å²) in [5.74, 6) is 0.494. The quantitative estimate of drug-likeness (QED) is 0.453. The van der Waals surface area contributed by atoms with Crippen molar-refractivity contribution in [1.29, 1.82) is 0 Å². The molecule has 1 aliphatic rings. The number of hydrogen-bond donors (Lipinski definition) is 0. The van der Waals surface area contributed by atoms with Crippen LogP contribution >= 0.6 is 11.6 Å². The van der Waals surface area contributed by atoms with Crippen LogP contribution in [0.15, 0.2) is 47.8 Å². The van der Waals surface area contributed by atoms with Gasteiger partial charge in [-0.25, -0.2) is 9.67 Å². The minimum absolute atomic E-state index is 0.0890. The van der Waals surface area contributed by atoms with E-state index < -0.39 is 0 Å². The molecule has 31 heavy (non-hydrogen) atoms. The van der Waals surface area contributed by atoms with Crippen molar-refractivity contribution in [2.45, 2.75) is 37.8 Å². The Balaban J connectivity index is 1.38. The van der Waals surface area contributed by atoms with E-state index in [1.807, 2.05) is 31.7 Å². The Morgan fingerprint density at radius 3 is 2.61 bits per heavy atom. The Morgan fingerprint density at radius 2 is 1.90 bits per heavy atom. The molecule has 4 heterocycles. The standard InChI is InChI=1S/C22H23ClN6O2/c1-27-12-14(10-25-27)18-13-29(19-9-20(23)24-11-17(18)19)15-3-5-16(6-4-15)31-21-7-8-22(30)28(2)26-21/h7-13,15-16H,3-6H2,1-2H3/t15-,16+. The van der Waals surface area contributed by atoms with Crippen LogP contribution < -0.4 is 10.3 Å². The van der Waals surface area contributed by atoms with Gasteiger partial charge in [0, 0.05) is 67.4 Å². The van der Waals surface area contributed by atoms with Crippen LogP contribution in [-0.4, -0.2) is 35.2 Å². The Hall–Kier alpha value is -3.13. The van der Waals surface area contributed by atoms with E-state index in [2.05, 4.69) is 25.9 Å². The SMILES string of the molecule is Cn1cc(-c2cn([C@H]3CC[C@@H](Oc4ccc(=O)n(C)n4)CC3)c3cc(Cl)ncc23)cn1. The molecule has 0 spiro atoms. The van der Waals surface area contributed by atoms with E-state index >= 15 is 0 Å². The van der Waals surface area contributed by atoms with Crippen molar-refractivity contribution in [2.24, 2.45) is 14.1 Å². The van der Waals surface area contributed by atoms with Crippen molar-refractivity contribution in [3.63, 3.8) is 0 Å². The number of rotatable bonds is 4. The van der Waals surface area contributed by atoms with Crippen LogP contribution in [0.5, 0.6) is 5.88 Å². The average Bonchev–Trinajstić information content (AvgIpc) is 3.34. The molecule has 1 fully saturated rings. The minimum Gasteiger partial charge on any atom is -0.473 e. The molecule has 8 nitrogen and oxygen atoms in total. The number of pyridine rings is 1. The Morgan fingerprint density at radius 1 is 1.10 bits per heavy atom. The van der Waals surface area contributed by atoms with Gasteiger partial charge in [0.1, 0.15) is 11.3 Å². The number of aryl methyl sites for hydroxylation is 2. The fraction of sp³-hybridized carbons (Fsp3) is 0.364. The third-order valence-corrected chi connectivity index (χ3v) is 6.17. The fourth-order valence-electron chi connectivity index (χ4n) is 4.37. The molecule has 0 atom stereocenters. The van der Waals surface area contributed by atoms with Crippen LogP contribution in [0.25, 0.3) is 22.0 Å². The zero-order valence-electron chi connectivity index (χ0n) is 17.4. The minimum atomic E-state index is -0.145. The molecule has 1 saturated carbocycles. The average molecular weight is 439 g/mol. The predicted octanol–water partition coefficient (Wildman–Crippen LogP) is 3.75. The molecule has 0 aliphatic heterocycles. The van der Waals surface area contributed by atoms with Crippen LogP contribution in [0.2, 0.25) is 5.15 Å². The molecule has 160 valence electrons. The number of fused-ring (bicyclic) bond motifs is 1. The molecule has 0 aromatic carbocycles. The van der Waals surface area contributed by atoms with Crippen LogP contribution in [-0.2, 0) is 14.1 Å². The van der Waals surface area contributed by atoms with E-state index in [0.717, 1.165) is 47.7 Å². The summed E-state index contributed by atoms with van der Waals surface area (Å²) in [5, 5.41) is 10.1. The number of aromatic nitrogens is 6. The summed E-state index contributed by atoms with van der Waals surface area (Å²) in [7, 11) is 3.54. The first-order chi connectivity index (χ1) is 15.0. The van der Waals surface area contributed by atoms with Crippen molar-refractivity contribution in [2.75, 3.05) is 0 Å². The van der Waals surface area contributed by atoms with Crippen LogP contribution in [0.4, 0.5) is 0 Å². The monoisotopic (exact) mass is 438 g/mol. The Kier molecular flexibility index (Phi) is 5.02. The zero-order valence-corrected chi connectivity index (χ0v) is 18.2. The van der Waals surface area contributed by atoms with Crippen LogP contribution in [0, 0.1) is 0 Å². The fourth-order valence-corrected chi connectivity index (χ4v) is 4.52. The molecule has 5 rings (SSSR count). The van der Waals surface area contributed by atoms with Crippen molar-refractivity contribution in [1.82, 2.24) is 29.1 Å². The molecule has 4 aromatic heterocycles. The maximum atomic E-state index is 11.5. The Labute approximate surface area is 184 Å². The second kappa shape index (κ2) is 7.85. The molecule has 0 saturated heterocycles. The zero-order chi connectivity index (χ0) is 21.5. The molecule has 0 unspecified atom stereocenters. The molecule has 1 aliphatic carbocycles. The number of ether oxygens (including phenoxy) is 1. The molecule has 0 N–H and O–H groups in total. The molecule has 0 radical (unpaired) electrons. The maximum Gasteiger partial charge on any atom is 0.266 e. The van der Waals surface area contributed by atoms with E-state index in [1.54, 1.807) is 17.8 Å². The molecule has 0 amide bonds. The van der Waals surface area contributed by atoms with E-state index in [4.69, 9.17) is 16.3 Å². The summed E-state index contributed by atoms with van der Waals surface area (Å²) in [4.78, 5) is 15.8. The second-order valence-electron chi connectivity index (χ2n) is 8.06. The third-order valence-electron chi connectivity index (χ3n) is 5.96. The first-order valence-electron chi connectivity index (χ1n) is 10.3. The van der Waals surface area contributed by atoms with Gasteiger partial charge in [-0.3, -0.25) is 9.48 Å². The highest BCUT2D eigenvalue weighted by Crippen LogP contribution is 2.38. The molecular formula is C22H23ClN6O2. The lowest BCUT2D eigenvalue weighted by atomic mass is 9.92. The van der Waals surface area contributed by atoms with Crippen LogP contribution in [0.1, 0.15) is 31.7 Å². The highest BCUT2D eigenvalue weighted by Gasteiger charge is 2.26. The number of nitrogens with zero attached hydrogens (tertiary/aromatic N) is 6.